The van der Waals surface area contributed by atoms with Crippen LogP contribution < -0.4 is 0 Å². The van der Waals surface area contributed by atoms with Crippen LogP contribution in [0.1, 0.15) is 18.1 Å². The number of carboxylic acids is 1. The molecule has 0 unspecified atom stereocenters. The fourth-order valence-electron chi connectivity index (χ4n) is 1.37. The standard InChI is InChI=1S/C11H14O4S/c1-2-16(14,15)8-10-6-4-3-5-9(10)7-11(12)13/h3-6H,2,7-8H2,1H3,(H,12,13). The summed E-state index contributed by atoms with van der Waals surface area (Å²) in [7, 11) is -3.12. The van der Waals surface area contributed by atoms with Gasteiger partial charge in [-0.2, -0.15) is 0 Å². The first-order valence-electron chi connectivity index (χ1n) is 4.93. The predicted octanol–water partition coefficient (Wildman–Crippen LogP) is 1.25. The maximum Gasteiger partial charge on any atom is 0.307 e. The molecule has 0 bridgehead atoms. The summed E-state index contributed by atoms with van der Waals surface area (Å²) < 4.78 is 22.9. The van der Waals surface area contributed by atoms with Crippen molar-refractivity contribution in [1.82, 2.24) is 0 Å². The Labute approximate surface area is 94.8 Å². The number of carbonyl (C=O) groups is 1. The first kappa shape index (κ1) is 12.7. The molecule has 1 rings (SSSR count). The molecule has 16 heavy (non-hydrogen) atoms. The third-order valence-electron chi connectivity index (χ3n) is 2.28. The van der Waals surface area contributed by atoms with Crippen molar-refractivity contribution in [3.8, 4) is 0 Å². The number of aliphatic carboxylic acids is 1. The number of hydrogen-bond acceptors (Lipinski definition) is 3. The van der Waals surface area contributed by atoms with Gasteiger partial charge >= 0.3 is 5.97 Å². The minimum absolute atomic E-state index is 0.0639. The lowest BCUT2D eigenvalue weighted by atomic mass is 10.1. The monoisotopic (exact) mass is 242 g/mol. The summed E-state index contributed by atoms with van der Waals surface area (Å²) in [5, 5.41) is 8.70. The van der Waals surface area contributed by atoms with Crippen LogP contribution in [0.25, 0.3) is 0 Å². The van der Waals surface area contributed by atoms with Crippen molar-refractivity contribution in [3.05, 3.63) is 35.4 Å². The molecule has 0 saturated carbocycles. The minimum atomic E-state index is -3.12. The van der Waals surface area contributed by atoms with Gasteiger partial charge in [0.15, 0.2) is 9.84 Å². The third-order valence-corrected chi connectivity index (χ3v) is 3.91. The van der Waals surface area contributed by atoms with E-state index in [1.165, 1.54) is 0 Å². The van der Waals surface area contributed by atoms with E-state index < -0.39 is 15.8 Å². The second-order valence-electron chi connectivity index (χ2n) is 3.52. The van der Waals surface area contributed by atoms with E-state index in [-0.39, 0.29) is 17.9 Å². The lowest BCUT2D eigenvalue weighted by molar-refractivity contribution is -0.136. The highest BCUT2D eigenvalue weighted by Crippen LogP contribution is 2.13. The van der Waals surface area contributed by atoms with Gasteiger partial charge in [0.05, 0.1) is 12.2 Å². The quantitative estimate of drug-likeness (QED) is 0.843. The van der Waals surface area contributed by atoms with Crippen LogP contribution in [0.2, 0.25) is 0 Å². The Hall–Kier alpha value is -1.36. The van der Waals surface area contributed by atoms with E-state index in [1.807, 2.05) is 0 Å². The Bertz CT molecular complexity index is 477. The summed E-state index contributed by atoms with van der Waals surface area (Å²) in [6.07, 6.45) is -0.143. The molecular weight excluding hydrogens is 228 g/mol. The van der Waals surface area contributed by atoms with Crippen LogP contribution in [0, 0.1) is 0 Å². The maximum absolute atomic E-state index is 11.5. The van der Waals surface area contributed by atoms with Crippen molar-refractivity contribution >= 4 is 15.8 Å². The summed E-state index contributed by atoms with van der Waals surface area (Å²) >= 11 is 0. The van der Waals surface area contributed by atoms with Gasteiger partial charge in [-0.25, -0.2) is 8.42 Å². The summed E-state index contributed by atoms with van der Waals surface area (Å²) in [6.45, 7) is 1.58. The smallest absolute Gasteiger partial charge is 0.307 e. The fourth-order valence-corrected chi connectivity index (χ4v) is 2.33. The normalized spacial score (nSPS) is 11.3. The van der Waals surface area contributed by atoms with Crippen LogP contribution in [0.15, 0.2) is 24.3 Å². The molecule has 0 aromatic heterocycles. The molecule has 0 radical (unpaired) electrons. The molecule has 88 valence electrons. The first-order valence-corrected chi connectivity index (χ1v) is 6.75. The Balaban J connectivity index is 3.00. The van der Waals surface area contributed by atoms with Gasteiger partial charge in [0.2, 0.25) is 0 Å². The van der Waals surface area contributed by atoms with Crippen molar-refractivity contribution in [2.45, 2.75) is 19.1 Å². The van der Waals surface area contributed by atoms with Crippen LogP contribution in [-0.2, 0) is 26.8 Å². The Morgan fingerprint density at radius 3 is 2.31 bits per heavy atom. The lowest BCUT2D eigenvalue weighted by Gasteiger charge is -2.07. The number of rotatable bonds is 5. The summed E-state index contributed by atoms with van der Waals surface area (Å²) in [6, 6.07) is 6.73. The Morgan fingerprint density at radius 1 is 1.25 bits per heavy atom. The van der Waals surface area contributed by atoms with Crippen molar-refractivity contribution < 1.29 is 18.3 Å². The van der Waals surface area contributed by atoms with Gasteiger partial charge in [0.25, 0.3) is 0 Å². The number of hydrogen-bond donors (Lipinski definition) is 1. The van der Waals surface area contributed by atoms with E-state index in [2.05, 4.69) is 0 Å². The van der Waals surface area contributed by atoms with E-state index in [0.29, 0.717) is 11.1 Å². The van der Waals surface area contributed by atoms with Gasteiger partial charge in [-0.05, 0) is 11.1 Å². The van der Waals surface area contributed by atoms with Crippen LogP contribution >= 0.6 is 0 Å². The third kappa shape index (κ3) is 3.66. The van der Waals surface area contributed by atoms with Crippen LogP contribution in [-0.4, -0.2) is 25.2 Å². The van der Waals surface area contributed by atoms with Crippen LogP contribution in [0.3, 0.4) is 0 Å². The Kier molecular flexibility index (Phi) is 4.06. The fraction of sp³-hybridized carbons (Fsp3) is 0.364. The van der Waals surface area contributed by atoms with E-state index in [1.54, 1.807) is 31.2 Å². The second-order valence-corrected chi connectivity index (χ2v) is 5.87. The number of carboxylic acid groups (broad SMARTS) is 1. The van der Waals surface area contributed by atoms with Crippen LogP contribution in [0.4, 0.5) is 0 Å². The summed E-state index contributed by atoms with van der Waals surface area (Å²) in [5.74, 6) is -0.984. The number of benzene rings is 1. The van der Waals surface area contributed by atoms with Gasteiger partial charge in [-0.3, -0.25) is 4.79 Å². The van der Waals surface area contributed by atoms with Crippen molar-refractivity contribution in [2.75, 3.05) is 5.75 Å². The van der Waals surface area contributed by atoms with Gasteiger partial charge in [0.1, 0.15) is 0 Å². The summed E-state index contributed by atoms with van der Waals surface area (Å²) in [4.78, 5) is 10.6. The molecule has 1 N–H and O–H groups in total. The van der Waals surface area contributed by atoms with E-state index >= 15 is 0 Å². The van der Waals surface area contributed by atoms with E-state index in [9.17, 15) is 13.2 Å². The topological polar surface area (TPSA) is 71.4 Å². The molecule has 0 heterocycles. The number of sulfone groups is 1. The van der Waals surface area contributed by atoms with Gasteiger partial charge < -0.3 is 5.11 Å². The second kappa shape index (κ2) is 5.12. The molecule has 0 aliphatic rings. The molecule has 0 atom stereocenters. The maximum atomic E-state index is 11.5. The van der Waals surface area contributed by atoms with E-state index in [4.69, 9.17) is 5.11 Å². The highest BCUT2D eigenvalue weighted by molar-refractivity contribution is 7.90. The van der Waals surface area contributed by atoms with Gasteiger partial charge in [-0.1, -0.05) is 31.2 Å². The zero-order chi connectivity index (χ0) is 12.2. The molecule has 4 nitrogen and oxygen atoms in total. The largest absolute Gasteiger partial charge is 0.481 e. The predicted molar refractivity (Wildman–Crippen MR) is 60.9 cm³/mol. The highest BCUT2D eigenvalue weighted by Gasteiger charge is 2.13. The van der Waals surface area contributed by atoms with Crippen molar-refractivity contribution in [1.29, 1.82) is 0 Å². The van der Waals surface area contributed by atoms with Crippen LogP contribution in [0.5, 0.6) is 0 Å². The average molecular weight is 242 g/mol. The lowest BCUT2D eigenvalue weighted by Crippen LogP contribution is -2.10. The van der Waals surface area contributed by atoms with E-state index in [0.717, 1.165) is 0 Å². The molecule has 0 spiro atoms. The minimum Gasteiger partial charge on any atom is -0.481 e. The van der Waals surface area contributed by atoms with Gasteiger partial charge in [0, 0.05) is 5.75 Å². The molecule has 0 saturated heterocycles. The Morgan fingerprint density at radius 2 is 1.81 bits per heavy atom. The van der Waals surface area contributed by atoms with Gasteiger partial charge in [-0.15, -0.1) is 0 Å². The molecule has 0 amide bonds. The molecule has 0 aliphatic carbocycles. The first-order chi connectivity index (χ1) is 7.44. The molecule has 1 aromatic rings. The van der Waals surface area contributed by atoms with Crippen molar-refractivity contribution in [2.24, 2.45) is 0 Å². The zero-order valence-electron chi connectivity index (χ0n) is 9.01. The summed E-state index contributed by atoms with van der Waals surface area (Å²) in [5.41, 5.74) is 1.14. The average Bonchev–Trinajstić information content (AvgIpc) is 2.20. The zero-order valence-corrected chi connectivity index (χ0v) is 9.83. The molecular formula is C11H14O4S. The molecule has 5 heteroatoms. The SMILES string of the molecule is CCS(=O)(=O)Cc1ccccc1CC(=O)O. The highest BCUT2D eigenvalue weighted by atomic mass is 32.2. The molecule has 1 aromatic carbocycles. The molecule has 0 aliphatic heterocycles. The molecule has 0 fully saturated rings. The van der Waals surface area contributed by atoms with Crippen molar-refractivity contribution in [3.63, 3.8) is 0 Å².